The molecule has 0 aliphatic heterocycles. The van der Waals surface area contributed by atoms with Crippen LogP contribution in [0.5, 0.6) is 0 Å². The predicted molar refractivity (Wildman–Crippen MR) is 121 cm³/mol. The molecule has 0 saturated heterocycles. The molecule has 2 bridgehead atoms. The van der Waals surface area contributed by atoms with Gasteiger partial charge in [-0.3, -0.25) is 10.2 Å². The number of carboxylic acids is 1. The van der Waals surface area contributed by atoms with E-state index >= 15 is 0 Å². The Balaban J connectivity index is 1.42. The summed E-state index contributed by atoms with van der Waals surface area (Å²) in [6.07, 6.45) is 13.3. The highest BCUT2D eigenvalue weighted by Crippen LogP contribution is 2.52. The summed E-state index contributed by atoms with van der Waals surface area (Å²) in [5.41, 5.74) is 4.15. The minimum absolute atomic E-state index is 0.248. The lowest BCUT2D eigenvalue weighted by molar-refractivity contribution is -0.137. The molecule has 0 radical (unpaired) electrons. The van der Waals surface area contributed by atoms with Gasteiger partial charge in [-0.25, -0.2) is 0 Å². The number of allylic oxidation sites excluding steroid dienone is 2. The first kappa shape index (κ1) is 21.5. The first-order chi connectivity index (χ1) is 14.1. The lowest BCUT2D eigenvalue weighted by Crippen LogP contribution is -2.32. The van der Waals surface area contributed by atoms with Crippen molar-refractivity contribution in [2.45, 2.75) is 51.5 Å². The van der Waals surface area contributed by atoms with Gasteiger partial charge in [0, 0.05) is 25.1 Å². The van der Waals surface area contributed by atoms with Gasteiger partial charge in [-0.15, -0.1) is 0 Å². The average molecular weight is 414 g/mol. The van der Waals surface area contributed by atoms with Gasteiger partial charge < -0.3 is 10.4 Å². The van der Waals surface area contributed by atoms with Crippen LogP contribution in [0.25, 0.3) is 0 Å². The summed E-state index contributed by atoms with van der Waals surface area (Å²) in [6.45, 7) is 0.686. The van der Waals surface area contributed by atoms with Crippen LogP contribution >= 0.6 is 12.2 Å². The fraction of sp³-hybridized carbons (Fsp3) is 0.522. The quantitative estimate of drug-likeness (QED) is 0.173. The number of nitrogens with one attached hydrogen (secondary N) is 2. The van der Waals surface area contributed by atoms with Crippen molar-refractivity contribution in [3.8, 4) is 0 Å². The summed E-state index contributed by atoms with van der Waals surface area (Å²) in [4.78, 5) is 10.6. The summed E-state index contributed by atoms with van der Waals surface area (Å²) < 4.78 is 0. The predicted octanol–water partition coefficient (Wildman–Crippen LogP) is 4.50. The lowest BCUT2D eigenvalue weighted by Gasteiger charge is -2.27. The van der Waals surface area contributed by atoms with E-state index in [-0.39, 0.29) is 6.42 Å². The van der Waals surface area contributed by atoms with Crippen molar-refractivity contribution in [2.75, 3.05) is 0 Å². The molecule has 1 aromatic rings. The van der Waals surface area contributed by atoms with Crippen molar-refractivity contribution in [3.05, 3.63) is 48.0 Å². The Morgan fingerprint density at radius 1 is 1.21 bits per heavy atom. The Bertz CT molecular complexity index is 735. The van der Waals surface area contributed by atoms with E-state index in [4.69, 9.17) is 17.3 Å². The molecule has 29 heavy (non-hydrogen) atoms. The van der Waals surface area contributed by atoms with Crippen LogP contribution in [0.4, 0.5) is 0 Å². The third-order valence-electron chi connectivity index (χ3n) is 6.20. The molecule has 0 heterocycles. The van der Waals surface area contributed by atoms with Crippen LogP contribution in [-0.2, 0) is 11.3 Å². The third kappa shape index (κ3) is 6.67. The zero-order valence-electron chi connectivity index (χ0n) is 16.8. The van der Waals surface area contributed by atoms with E-state index in [2.05, 4.69) is 46.3 Å². The first-order valence-electron chi connectivity index (χ1n) is 10.6. The summed E-state index contributed by atoms with van der Waals surface area (Å²) in [5, 5.41) is 16.9. The van der Waals surface area contributed by atoms with Gasteiger partial charge in [0.1, 0.15) is 0 Å². The number of hydrogen-bond acceptors (Lipinski definition) is 3. The number of thiocarbonyl (C=S) groups is 1. The standard InChI is InChI=1S/C23H31N3O2S/c27-22(28)11-7-2-1-6-10-20-18-12-13-19(14-18)21(20)16-25-26-23(29)24-15-17-8-4-3-5-9-17/h1,3-6,8-9,16,18-21H,2,7,10-15H2,(H,27,28)(H2,24,26,29)/b6-1-,25-16?. The van der Waals surface area contributed by atoms with Crippen molar-refractivity contribution < 1.29 is 9.90 Å². The highest BCUT2D eigenvalue weighted by Gasteiger charge is 2.45. The number of carboxylic acid groups (broad SMARTS) is 1. The summed E-state index contributed by atoms with van der Waals surface area (Å²) in [6, 6.07) is 10.2. The van der Waals surface area contributed by atoms with Crippen LogP contribution in [0.2, 0.25) is 0 Å². The first-order valence-corrected chi connectivity index (χ1v) is 11.0. The van der Waals surface area contributed by atoms with Gasteiger partial charge in [-0.2, -0.15) is 5.10 Å². The zero-order chi connectivity index (χ0) is 20.5. The number of aliphatic carboxylic acids is 1. The Hall–Kier alpha value is -2.21. The summed E-state index contributed by atoms with van der Waals surface area (Å²) in [7, 11) is 0. The van der Waals surface area contributed by atoms with E-state index in [1.165, 1.54) is 24.8 Å². The maximum atomic E-state index is 10.6. The van der Waals surface area contributed by atoms with E-state index in [1.807, 2.05) is 18.2 Å². The van der Waals surface area contributed by atoms with Gasteiger partial charge in [0.25, 0.3) is 0 Å². The maximum Gasteiger partial charge on any atom is 0.303 e. The Morgan fingerprint density at radius 3 is 2.79 bits per heavy atom. The van der Waals surface area contributed by atoms with Gasteiger partial charge in [0.2, 0.25) is 0 Å². The van der Waals surface area contributed by atoms with Crippen molar-refractivity contribution in [3.63, 3.8) is 0 Å². The monoisotopic (exact) mass is 413 g/mol. The van der Waals surface area contributed by atoms with E-state index in [1.54, 1.807) is 0 Å². The second-order valence-corrected chi connectivity index (χ2v) is 8.53. The summed E-state index contributed by atoms with van der Waals surface area (Å²) >= 11 is 5.33. The highest BCUT2D eigenvalue weighted by atomic mass is 32.1. The average Bonchev–Trinajstić information content (AvgIpc) is 3.32. The SMILES string of the molecule is O=C(O)CCC/C=C\CC1C2CCC(C2)C1C=NNC(=S)NCc1ccccc1. The number of hydrazone groups is 1. The number of hydrogen-bond donors (Lipinski definition) is 3. The Kier molecular flexibility index (Phi) is 8.23. The normalized spacial score (nSPS) is 25.7. The molecule has 2 aliphatic carbocycles. The van der Waals surface area contributed by atoms with Crippen LogP contribution in [0, 0.1) is 23.7 Å². The van der Waals surface area contributed by atoms with Gasteiger partial charge in [0.05, 0.1) is 0 Å². The molecule has 2 fully saturated rings. The molecule has 3 N–H and O–H groups in total. The minimum atomic E-state index is -0.716. The van der Waals surface area contributed by atoms with Crippen LogP contribution in [0.3, 0.4) is 0 Å². The third-order valence-corrected chi connectivity index (χ3v) is 6.44. The van der Waals surface area contributed by atoms with Gasteiger partial charge in [0.15, 0.2) is 5.11 Å². The molecule has 1 aromatic carbocycles. The molecule has 5 nitrogen and oxygen atoms in total. The van der Waals surface area contributed by atoms with Gasteiger partial charge in [-0.05, 0) is 74.1 Å². The van der Waals surface area contributed by atoms with Crippen LogP contribution in [-0.4, -0.2) is 22.4 Å². The summed E-state index contributed by atoms with van der Waals surface area (Å²) in [5.74, 6) is 1.96. The van der Waals surface area contributed by atoms with Crippen molar-refractivity contribution >= 4 is 29.5 Å². The second kappa shape index (κ2) is 11.1. The number of unbranched alkanes of at least 4 members (excludes halogenated alkanes) is 1. The van der Waals surface area contributed by atoms with Crippen LogP contribution in [0.15, 0.2) is 47.6 Å². The van der Waals surface area contributed by atoms with E-state index in [9.17, 15) is 4.79 Å². The molecule has 3 rings (SSSR count). The highest BCUT2D eigenvalue weighted by molar-refractivity contribution is 7.80. The van der Waals surface area contributed by atoms with Crippen molar-refractivity contribution in [1.29, 1.82) is 0 Å². The van der Waals surface area contributed by atoms with Crippen LogP contribution in [0.1, 0.15) is 50.5 Å². The van der Waals surface area contributed by atoms with Gasteiger partial charge >= 0.3 is 5.97 Å². The van der Waals surface area contributed by atoms with Crippen molar-refractivity contribution in [2.24, 2.45) is 28.8 Å². The molecular weight excluding hydrogens is 382 g/mol. The number of benzene rings is 1. The van der Waals surface area contributed by atoms with E-state index in [0.717, 1.165) is 24.7 Å². The topological polar surface area (TPSA) is 73.7 Å². The Labute approximate surface area is 178 Å². The van der Waals surface area contributed by atoms with Crippen LogP contribution < -0.4 is 10.7 Å². The molecule has 4 atom stereocenters. The molecule has 156 valence electrons. The number of carbonyl (C=O) groups is 1. The fourth-order valence-electron chi connectivity index (χ4n) is 4.78. The molecule has 0 amide bonds. The molecule has 0 aromatic heterocycles. The van der Waals surface area contributed by atoms with Crippen molar-refractivity contribution in [1.82, 2.24) is 10.7 Å². The molecular formula is C23H31N3O2S. The molecule has 4 unspecified atom stereocenters. The Morgan fingerprint density at radius 2 is 2.00 bits per heavy atom. The number of nitrogens with zero attached hydrogens (tertiary/aromatic N) is 1. The molecule has 2 aliphatic rings. The second-order valence-electron chi connectivity index (χ2n) is 8.13. The fourth-order valence-corrected chi connectivity index (χ4v) is 4.90. The maximum absolute atomic E-state index is 10.6. The molecule has 2 saturated carbocycles. The largest absolute Gasteiger partial charge is 0.481 e. The van der Waals surface area contributed by atoms with E-state index < -0.39 is 5.97 Å². The minimum Gasteiger partial charge on any atom is -0.481 e. The van der Waals surface area contributed by atoms with E-state index in [0.29, 0.717) is 29.9 Å². The number of fused-ring (bicyclic) bond motifs is 2. The number of rotatable bonds is 10. The smallest absolute Gasteiger partial charge is 0.303 e. The van der Waals surface area contributed by atoms with Gasteiger partial charge in [-0.1, -0.05) is 42.5 Å². The zero-order valence-corrected chi connectivity index (χ0v) is 17.6. The molecule has 6 heteroatoms. The lowest BCUT2D eigenvalue weighted by atomic mass is 9.78. The molecule has 0 spiro atoms.